The van der Waals surface area contributed by atoms with Crippen LogP contribution in [0.5, 0.6) is 0 Å². The highest BCUT2D eigenvalue weighted by Crippen LogP contribution is 2.23. The number of halogens is 1. The van der Waals surface area contributed by atoms with Crippen LogP contribution in [0.4, 0.5) is 5.69 Å². The highest BCUT2D eigenvalue weighted by atomic mass is 79.9. The summed E-state index contributed by atoms with van der Waals surface area (Å²) in [4.78, 5) is 4.21. The molecule has 0 radical (unpaired) electrons. The monoisotopic (exact) mass is 294 g/mol. The molecule has 0 bridgehead atoms. The molecule has 6 heteroatoms. The largest absolute Gasteiger partial charge is 0.271 e. The van der Waals surface area contributed by atoms with Crippen molar-refractivity contribution < 1.29 is 0 Å². The van der Waals surface area contributed by atoms with E-state index >= 15 is 0 Å². The van der Waals surface area contributed by atoms with Crippen LogP contribution in [-0.4, -0.2) is 11.4 Å². The van der Waals surface area contributed by atoms with Crippen LogP contribution >= 0.6 is 27.7 Å². The van der Waals surface area contributed by atoms with Crippen molar-refractivity contribution in [3.63, 3.8) is 0 Å². The number of amidine groups is 1. The smallest absolute Gasteiger partial charge is 0.183 e. The molecular formula is C10H7BrN4S. The van der Waals surface area contributed by atoms with Gasteiger partial charge >= 0.3 is 0 Å². The molecule has 0 aromatic heterocycles. The van der Waals surface area contributed by atoms with Crippen LogP contribution in [-0.2, 0) is 0 Å². The second-order valence-electron chi connectivity index (χ2n) is 2.63. The average Bonchev–Trinajstić information content (AvgIpc) is 2.28. The maximum Gasteiger partial charge on any atom is 0.183 e. The average molecular weight is 295 g/mol. The summed E-state index contributed by atoms with van der Waals surface area (Å²) in [7, 11) is 0. The number of benzene rings is 1. The molecule has 0 fully saturated rings. The molecule has 0 spiro atoms. The van der Waals surface area contributed by atoms with Gasteiger partial charge in [0.1, 0.15) is 6.07 Å². The minimum atomic E-state index is 0.513. The van der Waals surface area contributed by atoms with Gasteiger partial charge < -0.3 is 0 Å². The summed E-state index contributed by atoms with van der Waals surface area (Å²) in [6.45, 7) is 0. The molecule has 0 heterocycles. The standard InChI is InChI=1S/C10H7BrN4S/c1-16-10(14-6-13)15-8-3-2-7(5-12)9(11)4-8/h2-4H,1H3,(H,14,15). The summed E-state index contributed by atoms with van der Waals surface area (Å²) in [6.07, 6.45) is 3.63. The molecule has 0 saturated heterocycles. The highest BCUT2D eigenvalue weighted by Gasteiger charge is 2.01. The molecule has 0 atom stereocenters. The second-order valence-corrected chi connectivity index (χ2v) is 4.28. The first-order valence-corrected chi connectivity index (χ1v) is 6.20. The summed E-state index contributed by atoms with van der Waals surface area (Å²) in [5.74, 6) is 0. The molecule has 80 valence electrons. The van der Waals surface area contributed by atoms with Crippen LogP contribution in [0, 0.1) is 22.8 Å². The van der Waals surface area contributed by atoms with Gasteiger partial charge in [-0.1, -0.05) is 11.8 Å². The van der Waals surface area contributed by atoms with Crippen molar-refractivity contribution >= 4 is 38.5 Å². The summed E-state index contributed by atoms with van der Waals surface area (Å²) in [5, 5.41) is 20.2. The van der Waals surface area contributed by atoms with E-state index < -0.39 is 0 Å². The first kappa shape index (κ1) is 12.6. The van der Waals surface area contributed by atoms with E-state index in [9.17, 15) is 0 Å². The molecule has 0 unspecified atom stereocenters. The fraction of sp³-hybridized carbons (Fsp3) is 0.100. The van der Waals surface area contributed by atoms with Gasteiger partial charge in [0.2, 0.25) is 0 Å². The Hall–Kier alpha value is -1.50. The topological polar surface area (TPSA) is 72.0 Å². The first-order chi connectivity index (χ1) is 7.71. The zero-order chi connectivity index (χ0) is 12.0. The Balaban J connectivity index is 3.03. The minimum absolute atomic E-state index is 0.513. The molecule has 1 aromatic rings. The highest BCUT2D eigenvalue weighted by molar-refractivity contribution is 9.10. The molecule has 1 aromatic carbocycles. The van der Waals surface area contributed by atoms with Gasteiger partial charge in [0.25, 0.3) is 0 Å². The van der Waals surface area contributed by atoms with Gasteiger partial charge in [-0.3, -0.25) is 5.32 Å². The number of nitrogens with one attached hydrogen (secondary N) is 1. The Bertz CT molecular complexity index is 499. The van der Waals surface area contributed by atoms with Crippen LogP contribution in [0.2, 0.25) is 0 Å². The third-order valence-corrected chi connectivity index (χ3v) is 2.90. The van der Waals surface area contributed by atoms with Crippen molar-refractivity contribution in [3.8, 4) is 12.3 Å². The zero-order valence-electron chi connectivity index (χ0n) is 8.36. The van der Waals surface area contributed by atoms with E-state index in [-0.39, 0.29) is 0 Å². The molecule has 0 aliphatic carbocycles. The van der Waals surface area contributed by atoms with Gasteiger partial charge in [-0.25, -0.2) is 4.99 Å². The van der Waals surface area contributed by atoms with E-state index in [4.69, 9.17) is 10.5 Å². The van der Waals surface area contributed by atoms with E-state index in [0.717, 1.165) is 0 Å². The Morgan fingerprint density at radius 3 is 2.75 bits per heavy atom. The normalized spacial score (nSPS) is 10.4. The van der Waals surface area contributed by atoms with Crippen molar-refractivity contribution in [1.82, 2.24) is 5.32 Å². The lowest BCUT2D eigenvalue weighted by atomic mass is 10.2. The number of rotatable bonds is 1. The fourth-order valence-electron chi connectivity index (χ4n) is 0.954. The van der Waals surface area contributed by atoms with Gasteiger partial charge in [-0.15, -0.1) is 0 Å². The zero-order valence-corrected chi connectivity index (χ0v) is 10.8. The van der Waals surface area contributed by atoms with Crippen molar-refractivity contribution in [2.45, 2.75) is 0 Å². The Morgan fingerprint density at radius 2 is 2.25 bits per heavy atom. The number of aliphatic imine (C=N–C) groups is 1. The van der Waals surface area contributed by atoms with Crippen molar-refractivity contribution in [2.24, 2.45) is 4.99 Å². The maximum atomic E-state index is 8.75. The molecule has 1 rings (SSSR count). The van der Waals surface area contributed by atoms with Crippen molar-refractivity contribution in [1.29, 1.82) is 10.5 Å². The lowest BCUT2D eigenvalue weighted by molar-refractivity contribution is 1.28. The van der Waals surface area contributed by atoms with E-state index in [0.29, 0.717) is 20.9 Å². The number of thioether (sulfide) groups is 1. The number of nitriles is 2. The third-order valence-electron chi connectivity index (χ3n) is 1.66. The Labute approximate surface area is 106 Å². The number of hydrogen-bond donors (Lipinski definition) is 1. The lowest BCUT2D eigenvalue weighted by Crippen LogP contribution is -2.12. The predicted molar refractivity (Wildman–Crippen MR) is 68.2 cm³/mol. The molecule has 0 saturated carbocycles. The summed E-state index contributed by atoms with van der Waals surface area (Å²) < 4.78 is 0.689. The lowest BCUT2D eigenvalue weighted by Gasteiger charge is -2.01. The molecule has 0 aliphatic rings. The molecule has 4 nitrogen and oxygen atoms in total. The molecule has 1 N–H and O–H groups in total. The van der Waals surface area contributed by atoms with E-state index in [1.54, 1.807) is 18.2 Å². The molecule has 0 amide bonds. The Kier molecular flexibility index (Phi) is 4.84. The Morgan fingerprint density at radius 1 is 1.50 bits per heavy atom. The summed E-state index contributed by atoms with van der Waals surface area (Å²) in [5.41, 5.74) is 1.23. The van der Waals surface area contributed by atoms with Crippen molar-refractivity contribution in [3.05, 3.63) is 28.2 Å². The second kappa shape index (κ2) is 6.16. The minimum Gasteiger partial charge on any atom is -0.271 e. The number of hydrogen-bond acceptors (Lipinski definition) is 4. The van der Waals surface area contributed by atoms with Crippen molar-refractivity contribution in [2.75, 3.05) is 6.26 Å². The van der Waals surface area contributed by atoms with Gasteiger partial charge in [-0.2, -0.15) is 10.5 Å². The van der Waals surface area contributed by atoms with Gasteiger partial charge in [-0.05, 0) is 40.4 Å². The molecule has 0 aliphatic heterocycles. The van der Waals surface area contributed by atoms with Crippen LogP contribution in [0.15, 0.2) is 27.7 Å². The van der Waals surface area contributed by atoms with E-state index in [1.165, 1.54) is 11.8 Å². The SMILES string of the molecule is CSC(=Nc1ccc(C#N)c(Br)c1)NC#N. The van der Waals surface area contributed by atoms with Crippen LogP contribution in [0.25, 0.3) is 0 Å². The van der Waals surface area contributed by atoms with Gasteiger partial charge in [0, 0.05) is 4.47 Å². The van der Waals surface area contributed by atoms with Gasteiger partial charge in [0.05, 0.1) is 11.3 Å². The third kappa shape index (κ3) is 3.27. The quantitative estimate of drug-likeness (QED) is 0.374. The molecular weight excluding hydrogens is 288 g/mol. The van der Waals surface area contributed by atoms with E-state index in [1.807, 2.05) is 18.5 Å². The van der Waals surface area contributed by atoms with Crippen LogP contribution in [0.3, 0.4) is 0 Å². The first-order valence-electron chi connectivity index (χ1n) is 4.18. The van der Waals surface area contributed by atoms with Crippen LogP contribution in [0.1, 0.15) is 5.56 Å². The van der Waals surface area contributed by atoms with Gasteiger partial charge in [0.15, 0.2) is 11.4 Å². The fourth-order valence-corrected chi connectivity index (χ4v) is 1.75. The summed E-state index contributed by atoms with van der Waals surface area (Å²) >= 11 is 4.62. The van der Waals surface area contributed by atoms with Crippen LogP contribution < -0.4 is 5.32 Å². The summed E-state index contributed by atoms with van der Waals surface area (Å²) in [6, 6.07) is 7.17. The number of nitrogens with zero attached hydrogens (tertiary/aromatic N) is 3. The van der Waals surface area contributed by atoms with E-state index in [2.05, 4.69) is 26.2 Å². The predicted octanol–water partition coefficient (Wildman–Crippen LogP) is 2.74. The maximum absolute atomic E-state index is 8.75. The molecule has 16 heavy (non-hydrogen) atoms.